The predicted octanol–water partition coefficient (Wildman–Crippen LogP) is 4.36. The van der Waals surface area contributed by atoms with E-state index in [4.69, 9.17) is 0 Å². The van der Waals surface area contributed by atoms with E-state index in [0.717, 1.165) is 17.8 Å². The van der Waals surface area contributed by atoms with E-state index < -0.39 is 0 Å². The monoisotopic (exact) mass is 252 g/mol. The number of hydrogen-bond donors (Lipinski definition) is 0. The Morgan fingerprint density at radius 1 is 0.947 bits per heavy atom. The molecule has 0 aromatic heterocycles. The number of carbonyl (C=O) groups is 1. The molecule has 2 rings (SSSR count). The van der Waals surface area contributed by atoms with E-state index in [1.807, 2.05) is 74.0 Å². The molecule has 19 heavy (non-hydrogen) atoms. The summed E-state index contributed by atoms with van der Waals surface area (Å²) in [4.78, 5) is 14.2. The summed E-state index contributed by atoms with van der Waals surface area (Å²) in [5.41, 5.74) is 1.82. The minimum absolute atomic E-state index is 0.121. The van der Waals surface area contributed by atoms with Crippen molar-refractivity contribution in [3.05, 3.63) is 67.1 Å². The number of amides is 1. The Morgan fingerprint density at radius 2 is 1.42 bits per heavy atom. The maximum Gasteiger partial charge on any atom is 0.231 e. The van der Waals surface area contributed by atoms with E-state index in [-0.39, 0.29) is 5.91 Å². The summed E-state index contributed by atoms with van der Waals surface area (Å²) in [5, 5.41) is 0. The summed E-state index contributed by atoms with van der Waals surface area (Å²) in [5.74, 6) is 0.121. The van der Waals surface area contributed by atoms with Crippen molar-refractivity contribution in [1.82, 2.24) is 0 Å². The summed E-state index contributed by atoms with van der Waals surface area (Å²) in [6, 6.07) is 19.5. The minimum atomic E-state index is 0.121. The van der Waals surface area contributed by atoms with Crippen molar-refractivity contribution in [1.29, 1.82) is 0 Å². The van der Waals surface area contributed by atoms with Crippen molar-refractivity contribution >= 4 is 17.3 Å². The molecule has 0 aliphatic rings. The van der Waals surface area contributed by atoms with Crippen LogP contribution in [0.3, 0.4) is 0 Å². The highest BCUT2D eigenvalue weighted by molar-refractivity contribution is 6.00. The molecule has 0 fully saturated rings. The van der Waals surface area contributed by atoms with Gasteiger partial charge in [0, 0.05) is 17.8 Å². The van der Waals surface area contributed by atoms with Gasteiger partial charge in [-0.3, -0.25) is 9.69 Å². The van der Waals surface area contributed by atoms with Crippen molar-refractivity contribution in [2.45, 2.75) is 19.8 Å². The molecule has 2 aromatic carbocycles. The third-order valence-electron chi connectivity index (χ3n) is 2.93. The second-order valence-corrected chi connectivity index (χ2v) is 4.35. The summed E-state index contributed by atoms with van der Waals surface area (Å²) >= 11 is 0. The molecule has 0 heterocycles. The lowest BCUT2D eigenvalue weighted by molar-refractivity contribution is -0.117. The van der Waals surface area contributed by atoms with Crippen molar-refractivity contribution in [2.75, 3.05) is 4.90 Å². The maximum absolute atomic E-state index is 12.4. The van der Waals surface area contributed by atoms with Crippen LogP contribution in [0, 0.1) is 6.42 Å². The van der Waals surface area contributed by atoms with Gasteiger partial charge in [-0.25, -0.2) is 0 Å². The van der Waals surface area contributed by atoms with Gasteiger partial charge in [0.2, 0.25) is 5.91 Å². The highest BCUT2D eigenvalue weighted by atomic mass is 16.2. The molecule has 0 spiro atoms. The molecule has 0 atom stereocenters. The van der Waals surface area contributed by atoms with Gasteiger partial charge in [-0.05, 0) is 37.1 Å². The standard InChI is InChI=1S/C17H18NO/c1-2-3-14-17(19)18(15-10-6-4-7-11-15)16-12-8-5-9-13-16/h2,4-13H,3,14H2,1H3. The van der Waals surface area contributed by atoms with Gasteiger partial charge in [0.1, 0.15) is 0 Å². The molecule has 0 aliphatic carbocycles. The molecule has 1 amide bonds. The van der Waals surface area contributed by atoms with Crippen LogP contribution in [0.15, 0.2) is 60.7 Å². The first-order valence-electron chi connectivity index (χ1n) is 6.54. The average Bonchev–Trinajstić information content (AvgIpc) is 2.47. The first-order valence-corrected chi connectivity index (χ1v) is 6.54. The number of carbonyl (C=O) groups excluding carboxylic acids is 1. The van der Waals surface area contributed by atoms with E-state index in [1.165, 1.54) is 0 Å². The van der Waals surface area contributed by atoms with Crippen LogP contribution in [0.25, 0.3) is 0 Å². The molecular weight excluding hydrogens is 234 g/mol. The molecule has 0 N–H and O–H groups in total. The Morgan fingerprint density at radius 3 is 1.84 bits per heavy atom. The number of benzene rings is 2. The lowest BCUT2D eigenvalue weighted by Crippen LogP contribution is -2.25. The van der Waals surface area contributed by atoms with Crippen molar-refractivity contribution < 1.29 is 4.79 Å². The van der Waals surface area contributed by atoms with Crippen LogP contribution >= 0.6 is 0 Å². The zero-order chi connectivity index (χ0) is 13.5. The third kappa shape index (κ3) is 3.44. The van der Waals surface area contributed by atoms with Crippen LogP contribution in [-0.4, -0.2) is 5.91 Å². The van der Waals surface area contributed by atoms with Crippen molar-refractivity contribution in [3.8, 4) is 0 Å². The largest absolute Gasteiger partial charge is 0.281 e. The average molecular weight is 252 g/mol. The van der Waals surface area contributed by atoms with Crippen LogP contribution in [0.1, 0.15) is 19.8 Å². The lowest BCUT2D eigenvalue weighted by Gasteiger charge is -2.23. The van der Waals surface area contributed by atoms with Crippen LogP contribution in [0.2, 0.25) is 0 Å². The van der Waals surface area contributed by atoms with Gasteiger partial charge in [-0.2, -0.15) is 0 Å². The SMILES string of the molecule is C[CH]CCC(=O)N(c1ccccc1)c1ccccc1. The fourth-order valence-corrected chi connectivity index (χ4v) is 1.97. The molecule has 0 saturated heterocycles. The number of nitrogens with zero attached hydrogens (tertiary/aromatic N) is 1. The van der Waals surface area contributed by atoms with Crippen LogP contribution in [0.4, 0.5) is 11.4 Å². The quantitative estimate of drug-likeness (QED) is 0.774. The van der Waals surface area contributed by atoms with Gasteiger partial charge in [0.15, 0.2) is 0 Å². The van der Waals surface area contributed by atoms with E-state index in [0.29, 0.717) is 6.42 Å². The van der Waals surface area contributed by atoms with E-state index >= 15 is 0 Å². The highest BCUT2D eigenvalue weighted by Crippen LogP contribution is 2.26. The summed E-state index contributed by atoms with van der Waals surface area (Å²) in [6.45, 7) is 1.97. The topological polar surface area (TPSA) is 20.3 Å². The highest BCUT2D eigenvalue weighted by Gasteiger charge is 2.16. The lowest BCUT2D eigenvalue weighted by atomic mass is 10.2. The van der Waals surface area contributed by atoms with Gasteiger partial charge < -0.3 is 0 Å². The first kappa shape index (κ1) is 13.3. The van der Waals surface area contributed by atoms with Gasteiger partial charge >= 0.3 is 0 Å². The molecular formula is C17H18NO. The van der Waals surface area contributed by atoms with Gasteiger partial charge in [0.25, 0.3) is 0 Å². The summed E-state index contributed by atoms with van der Waals surface area (Å²) in [6.07, 6.45) is 3.35. The Bertz CT molecular complexity index is 468. The molecule has 2 nitrogen and oxygen atoms in total. The number of para-hydroxylation sites is 2. The normalized spacial score (nSPS) is 10.2. The third-order valence-corrected chi connectivity index (χ3v) is 2.93. The number of hydrogen-bond acceptors (Lipinski definition) is 1. The van der Waals surface area contributed by atoms with Crippen molar-refractivity contribution in [2.24, 2.45) is 0 Å². The van der Waals surface area contributed by atoms with Crippen LogP contribution in [0.5, 0.6) is 0 Å². The second-order valence-electron chi connectivity index (χ2n) is 4.35. The van der Waals surface area contributed by atoms with Crippen molar-refractivity contribution in [3.63, 3.8) is 0 Å². The van der Waals surface area contributed by atoms with Crippen LogP contribution < -0.4 is 4.90 Å². The summed E-state index contributed by atoms with van der Waals surface area (Å²) in [7, 11) is 0. The molecule has 2 heteroatoms. The van der Waals surface area contributed by atoms with Gasteiger partial charge in [-0.15, -0.1) is 0 Å². The molecule has 0 unspecified atom stereocenters. The molecule has 0 saturated carbocycles. The van der Waals surface area contributed by atoms with Gasteiger partial charge in [-0.1, -0.05) is 43.3 Å². The Balaban J connectivity index is 2.31. The molecule has 1 radical (unpaired) electrons. The van der Waals surface area contributed by atoms with E-state index in [1.54, 1.807) is 4.90 Å². The zero-order valence-corrected chi connectivity index (χ0v) is 11.1. The van der Waals surface area contributed by atoms with E-state index in [2.05, 4.69) is 0 Å². The second kappa shape index (κ2) is 6.74. The first-order chi connectivity index (χ1) is 9.33. The summed E-state index contributed by atoms with van der Waals surface area (Å²) < 4.78 is 0. The Hall–Kier alpha value is -2.09. The Labute approximate surface area is 114 Å². The smallest absolute Gasteiger partial charge is 0.231 e. The van der Waals surface area contributed by atoms with E-state index in [9.17, 15) is 4.79 Å². The minimum Gasteiger partial charge on any atom is -0.281 e. The molecule has 0 aliphatic heterocycles. The number of rotatable bonds is 5. The predicted molar refractivity (Wildman–Crippen MR) is 79.2 cm³/mol. The number of anilines is 2. The molecule has 97 valence electrons. The number of unbranched alkanes of at least 4 members (excludes halogenated alkanes) is 1. The fraction of sp³-hybridized carbons (Fsp3) is 0.176. The van der Waals surface area contributed by atoms with Gasteiger partial charge in [0.05, 0.1) is 0 Å². The maximum atomic E-state index is 12.4. The zero-order valence-electron chi connectivity index (χ0n) is 11.1. The Kier molecular flexibility index (Phi) is 4.73. The fourth-order valence-electron chi connectivity index (χ4n) is 1.97. The molecule has 2 aromatic rings. The van der Waals surface area contributed by atoms with Crippen LogP contribution in [-0.2, 0) is 4.79 Å². The molecule has 0 bridgehead atoms.